The number of halogens is 1. The first-order valence-electron chi connectivity index (χ1n) is 11.5. The van der Waals surface area contributed by atoms with E-state index < -0.39 is 11.8 Å². The lowest BCUT2D eigenvalue weighted by atomic mass is 10.1. The quantitative estimate of drug-likeness (QED) is 0.182. The predicted octanol–water partition coefficient (Wildman–Crippen LogP) is 3.79. The van der Waals surface area contributed by atoms with E-state index in [-0.39, 0.29) is 19.1 Å². The third kappa shape index (κ3) is 8.50. The standard InChI is InChI=1S/C26H27BrN4O6/c1-3-17-7-9-19(10-8-17)30-23(32)16-37-24-21(27)12-18(13-22(24)35-4-2)14-29-31-26(34)25(33)28-15-20-6-5-11-36-20/h5-14H,3-4,15-16H2,1-2H3,(H,28,33)(H,30,32)(H,31,34)/b29-14-. The topological polar surface area (TPSA) is 131 Å². The summed E-state index contributed by atoms with van der Waals surface area (Å²) in [5.74, 6) is -0.867. The third-order valence-electron chi connectivity index (χ3n) is 4.91. The lowest BCUT2D eigenvalue weighted by Gasteiger charge is -2.14. The van der Waals surface area contributed by atoms with E-state index in [2.05, 4.69) is 44.0 Å². The molecule has 37 heavy (non-hydrogen) atoms. The first-order chi connectivity index (χ1) is 17.9. The van der Waals surface area contributed by atoms with Crippen LogP contribution in [0.2, 0.25) is 0 Å². The predicted molar refractivity (Wildman–Crippen MR) is 142 cm³/mol. The molecule has 11 heteroatoms. The minimum absolute atomic E-state index is 0.0816. The van der Waals surface area contributed by atoms with Crippen molar-refractivity contribution in [2.45, 2.75) is 26.8 Å². The largest absolute Gasteiger partial charge is 0.490 e. The molecule has 0 radical (unpaired) electrons. The van der Waals surface area contributed by atoms with Crippen LogP contribution in [0.4, 0.5) is 5.69 Å². The Balaban J connectivity index is 1.57. The van der Waals surface area contributed by atoms with Gasteiger partial charge in [0.25, 0.3) is 5.91 Å². The van der Waals surface area contributed by atoms with Crippen molar-refractivity contribution >= 4 is 45.6 Å². The molecule has 3 rings (SSSR count). The van der Waals surface area contributed by atoms with Crippen LogP contribution in [0.25, 0.3) is 0 Å². The van der Waals surface area contributed by atoms with E-state index in [1.165, 1.54) is 18.0 Å². The molecule has 3 aromatic rings. The number of rotatable bonds is 11. The van der Waals surface area contributed by atoms with Gasteiger partial charge in [-0.25, -0.2) is 5.43 Å². The number of hydrogen-bond donors (Lipinski definition) is 3. The van der Waals surface area contributed by atoms with Crippen LogP contribution in [0.1, 0.15) is 30.7 Å². The van der Waals surface area contributed by atoms with Crippen molar-refractivity contribution in [1.82, 2.24) is 10.7 Å². The van der Waals surface area contributed by atoms with Crippen LogP contribution in [0.5, 0.6) is 11.5 Å². The van der Waals surface area contributed by atoms with Gasteiger partial charge in [0.2, 0.25) is 0 Å². The molecule has 0 fully saturated rings. The lowest BCUT2D eigenvalue weighted by molar-refractivity contribution is -0.139. The Kier molecular flexibility index (Phi) is 10.3. The zero-order valence-corrected chi connectivity index (χ0v) is 22.0. The highest BCUT2D eigenvalue weighted by molar-refractivity contribution is 9.10. The molecule has 0 saturated carbocycles. The fourth-order valence-electron chi connectivity index (χ4n) is 3.10. The second kappa shape index (κ2) is 13.8. The van der Waals surface area contributed by atoms with E-state index in [1.54, 1.807) is 24.3 Å². The van der Waals surface area contributed by atoms with Gasteiger partial charge in [-0.1, -0.05) is 19.1 Å². The number of ether oxygens (including phenoxy) is 2. The average Bonchev–Trinajstić information content (AvgIpc) is 3.41. The monoisotopic (exact) mass is 570 g/mol. The molecule has 194 valence electrons. The van der Waals surface area contributed by atoms with Crippen molar-refractivity contribution in [1.29, 1.82) is 0 Å². The van der Waals surface area contributed by atoms with Gasteiger partial charge in [-0.2, -0.15) is 5.10 Å². The van der Waals surface area contributed by atoms with Crippen molar-refractivity contribution in [3.05, 3.63) is 76.2 Å². The number of aryl methyl sites for hydroxylation is 1. The summed E-state index contributed by atoms with van der Waals surface area (Å²) in [7, 11) is 0. The van der Waals surface area contributed by atoms with E-state index in [9.17, 15) is 14.4 Å². The van der Waals surface area contributed by atoms with Crippen molar-refractivity contribution in [2.75, 3.05) is 18.5 Å². The van der Waals surface area contributed by atoms with Crippen LogP contribution in [-0.2, 0) is 27.3 Å². The first-order valence-corrected chi connectivity index (χ1v) is 12.3. The van der Waals surface area contributed by atoms with Crippen LogP contribution in [0, 0.1) is 0 Å². The number of furan rings is 1. The number of carbonyl (C=O) groups excluding carboxylic acids is 3. The van der Waals surface area contributed by atoms with Gasteiger partial charge >= 0.3 is 11.8 Å². The molecule has 0 aliphatic heterocycles. The Bertz CT molecular complexity index is 1240. The molecule has 3 amide bonds. The Morgan fingerprint density at radius 1 is 1.05 bits per heavy atom. The number of hydrogen-bond acceptors (Lipinski definition) is 7. The fourth-order valence-corrected chi connectivity index (χ4v) is 3.68. The molecule has 0 unspecified atom stereocenters. The molecule has 0 bridgehead atoms. The van der Waals surface area contributed by atoms with Gasteiger partial charge in [0.1, 0.15) is 5.76 Å². The van der Waals surface area contributed by atoms with Gasteiger partial charge in [0.15, 0.2) is 18.1 Å². The smallest absolute Gasteiger partial charge is 0.329 e. The first kappa shape index (κ1) is 27.5. The highest BCUT2D eigenvalue weighted by Gasteiger charge is 2.15. The van der Waals surface area contributed by atoms with E-state index in [4.69, 9.17) is 13.9 Å². The minimum atomic E-state index is -0.929. The molecule has 1 aromatic heterocycles. The number of amides is 3. The summed E-state index contributed by atoms with van der Waals surface area (Å²) in [5, 5.41) is 9.04. The molecule has 2 aromatic carbocycles. The number of nitrogens with zero attached hydrogens (tertiary/aromatic N) is 1. The maximum atomic E-state index is 12.4. The van der Waals surface area contributed by atoms with Gasteiger partial charge in [0, 0.05) is 5.69 Å². The lowest BCUT2D eigenvalue weighted by Crippen LogP contribution is -2.37. The molecule has 0 aliphatic carbocycles. The van der Waals surface area contributed by atoms with Gasteiger partial charge in [-0.05, 0) is 76.8 Å². The fraction of sp³-hybridized carbons (Fsp3) is 0.231. The number of nitrogens with one attached hydrogen (secondary N) is 3. The van der Waals surface area contributed by atoms with Gasteiger partial charge in [-0.15, -0.1) is 0 Å². The Morgan fingerprint density at radius 2 is 1.84 bits per heavy atom. The molecular formula is C26H27BrN4O6. The Labute approximate surface area is 222 Å². The summed E-state index contributed by atoms with van der Waals surface area (Å²) in [6.07, 6.45) is 3.74. The molecular weight excluding hydrogens is 544 g/mol. The SMILES string of the molecule is CCOc1cc(/C=N\NC(=O)C(=O)NCc2ccco2)cc(Br)c1OCC(=O)Nc1ccc(CC)cc1. The minimum Gasteiger partial charge on any atom is -0.490 e. The highest BCUT2D eigenvalue weighted by atomic mass is 79.9. The molecule has 10 nitrogen and oxygen atoms in total. The second-order valence-electron chi connectivity index (χ2n) is 7.61. The summed E-state index contributed by atoms with van der Waals surface area (Å²) < 4.78 is 17.0. The van der Waals surface area contributed by atoms with Gasteiger partial charge < -0.3 is 24.5 Å². The Morgan fingerprint density at radius 3 is 2.51 bits per heavy atom. The summed E-state index contributed by atoms with van der Waals surface area (Å²) in [6, 6.07) is 14.3. The number of carbonyl (C=O) groups is 3. The molecule has 0 atom stereocenters. The van der Waals surface area contributed by atoms with Gasteiger partial charge in [0.05, 0.1) is 30.1 Å². The molecule has 0 saturated heterocycles. The second-order valence-corrected chi connectivity index (χ2v) is 8.47. The summed E-state index contributed by atoms with van der Waals surface area (Å²) in [4.78, 5) is 36.2. The average molecular weight is 571 g/mol. The van der Waals surface area contributed by atoms with Crippen LogP contribution in [0.3, 0.4) is 0 Å². The molecule has 0 aliphatic rings. The number of hydrazone groups is 1. The van der Waals surface area contributed by atoms with Crippen molar-refractivity contribution < 1.29 is 28.3 Å². The number of benzene rings is 2. The normalized spacial score (nSPS) is 10.7. The zero-order chi connectivity index (χ0) is 26.6. The van der Waals surface area contributed by atoms with E-state index in [0.717, 1.165) is 6.42 Å². The maximum Gasteiger partial charge on any atom is 0.329 e. The van der Waals surface area contributed by atoms with E-state index in [1.807, 2.05) is 31.2 Å². The molecule has 1 heterocycles. The molecule has 0 spiro atoms. The van der Waals surface area contributed by atoms with Crippen molar-refractivity contribution in [2.24, 2.45) is 5.10 Å². The number of anilines is 1. The van der Waals surface area contributed by atoms with Crippen molar-refractivity contribution in [3.8, 4) is 11.5 Å². The van der Waals surface area contributed by atoms with Crippen LogP contribution < -0.4 is 25.5 Å². The van der Waals surface area contributed by atoms with E-state index >= 15 is 0 Å². The van der Waals surface area contributed by atoms with Crippen molar-refractivity contribution in [3.63, 3.8) is 0 Å². The summed E-state index contributed by atoms with van der Waals surface area (Å²) in [6.45, 7) is 4.08. The third-order valence-corrected chi connectivity index (χ3v) is 5.50. The van der Waals surface area contributed by atoms with E-state index in [0.29, 0.717) is 39.6 Å². The summed E-state index contributed by atoms with van der Waals surface area (Å²) >= 11 is 3.43. The van der Waals surface area contributed by atoms with Gasteiger partial charge in [-0.3, -0.25) is 14.4 Å². The highest BCUT2D eigenvalue weighted by Crippen LogP contribution is 2.36. The van der Waals surface area contributed by atoms with Crippen LogP contribution in [-0.4, -0.2) is 37.1 Å². The summed E-state index contributed by atoms with van der Waals surface area (Å²) in [5.41, 5.74) is 4.58. The maximum absolute atomic E-state index is 12.4. The van der Waals surface area contributed by atoms with Crippen LogP contribution in [0.15, 0.2) is 68.8 Å². The van der Waals surface area contributed by atoms with Crippen LogP contribution >= 0.6 is 15.9 Å². The Hall–Kier alpha value is -4.12. The zero-order valence-electron chi connectivity index (χ0n) is 20.4. The molecule has 3 N–H and O–H groups in total.